The summed E-state index contributed by atoms with van der Waals surface area (Å²) in [7, 11) is 5.80. The van der Waals surface area contributed by atoms with Gasteiger partial charge in [0.2, 0.25) is 0 Å². The van der Waals surface area contributed by atoms with Crippen molar-refractivity contribution >= 4 is 5.91 Å². The Kier molecular flexibility index (Phi) is 7.72. The van der Waals surface area contributed by atoms with Gasteiger partial charge in [0.05, 0.1) is 18.9 Å². The number of carbonyl (C=O) groups is 1. The Bertz CT molecular complexity index is 760. The van der Waals surface area contributed by atoms with E-state index < -0.39 is 0 Å². The summed E-state index contributed by atoms with van der Waals surface area (Å²) in [5, 5.41) is 0. The highest BCUT2D eigenvalue weighted by molar-refractivity contribution is 5.93. The molecule has 0 radical (unpaired) electrons. The SMILES string of the molecule is COc1ccccc1CN1CCC[C@H](CN(CCN(C)C)C(=O)c2ccoc2)C1. The molecule has 1 aromatic heterocycles. The quantitative estimate of drug-likeness (QED) is 0.648. The smallest absolute Gasteiger partial charge is 0.257 e. The monoisotopic (exact) mass is 399 g/mol. The molecular formula is C23H33N3O3. The van der Waals surface area contributed by atoms with E-state index in [2.05, 4.69) is 21.9 Å². The van der Waals surface area contributed by atoms with Crippen LogP contribution in [-0.2, 0) is 6.54 Å². The Morgan fingerprint density at radius 3 is 2.79 bits per heavy atom. The molecule has 0 aliphatic carbocycles. The van der Waals surface area contributed by atoms with E-state index in [1.54, 1.807) is 25.7 Å². The van der Waals surface area contributed by atoms with Crippen molar-refractivity contribution in [1.29, 1.82) is 0 Å². The first-order valence-electron chi connectivity index (χ1n) is 10.4. The summed E-state index contributed by atoms with van der Waals surface area (Å²) >= 11 is 0. The largest absolute Gasteiger partial charge is 0.496 e. The van der Waals surface area contributed by atoms with Crippen molar-refractivity contribution in [2.75, 3.05) is 53.9 Å². The van der Waals surface area contributed by atoms with Gasteiger partial charge in [0.25, 0.3) is 5.91 Å². The number of likely N-dealkylation sites (N-methyl/N-ethyl adjacent to an activating group) is 1. The van der Waals surface area contributed by atoms with Crippen molar-refractivity contribution in [1.82, 2.24) is 14.7 Å². The first kappa shape index (κ1) is 21.4. The number of hydrogen-bond donors (Lipinski definition) is 0. The number of carbonyl (C=O) groups excluding carboxylic acids is 1. The van der Waals surface area contributed by atoms with Crippen LogP contribution in [0.2, 0.25) is 0 Å². The van der Waals surface area contributed by atoms with Crippen molar-refractivity contribution in [3.05, 3.63) is 54.0 Å². The molecule has 0 saturated carbocycles. The maximum absolute atomic E-state index is 13.0. The number of amides is 1. The van der Waals surface area contributed by atoms with Crippen molar-refractivity contribution in [3.8, 4) is 5.75 Å². The van der Waals surface area contributed by atoms with Crippen molar-refractivity contribution in [3.63, 3.8) is 0 Å². The minimum absolute atomic E-state index is 0.0578. The molecule has 2 heterocycles. The normalized spacial score (nSPS) is 17.4. The van der Waals surface area contributed by atoms with Gasteiger partial charge in [0, 0.05) is 38.3 Å². The van der Waals surface area contributed by atoms with Crippen LogP contribution in [0.3, 0.4) is 0 Å². The van der Waals surface area contributed by atoms with Gasteiger partial charge in [-0.05, 0) is 51.5 Å². The van der Waals surface area contributed by atoms with Gasteiger partial charge in [-0.25, -0.2) is 0 Å². The second-order valence-corrected chi connectivity index (χ2v) is 8.12. The van der Waals surface area contributed by atoms with Gasteiger partial charge in [0.15, 0.2) is 0 Å². The predicted molar refractivity (Wildman–Crippen MR) is 114 cm³/mol. The van der Waals surface area contributed by atoms with E-state index in [-0.39, 0.29) is 5.91 Å². The van der Waals surface area contributed by atoms with Gasteiger partial charge >= 0.3 is 0 Å². The third kappa shape index (κ3) is 6.08. The molecule has 0 unspecified atom stereocenters. The van der Waals surface area contributed by atoms with Gasteiger partial charge in [0.1, 0.15) is 12.0 Å². The Hall–Kier alpha value is -2.31. The van der Waals surface area contributed by atoms with Crippen LogP contribution in [0.25, 0.3) is 0 Å². The number of benzene rings is 1. The molecule has 0 spiro atoms. The number of nitrogens with zero attached hydrogens (tertiary/aromatic N) is 3. The number of para-hydroxylation sites is 1. The fourth-order valence-electron chi connectivity index (χ4n) is 4.00. The van der Waals surface area contributed by atoms with E-state index in [4.69, 9.17) is 9.15 Å². The fraction of sp³-hybridized carbons (Fsp3) is 0.522. The Labute approximate surface area is 174 Å². The third-order valence-electron chi connectivity index (χ3n) is 5.54. The van der Waals surface area contributed by atoms with Crippen LogP contribution in [0, 0.1) is 5.92 Å². The molecule has 1 amide bonds. The lowest BCUT2D eigenvalue weighted by Crippen LogP contribution is -2.44. The van der Waals surface area contributed by atoms with Gasteiger partial charge in [-0.3, -0.25) is 9.69 Å². The average molecular weight is 400 g/mol. The van der Waals surface area contributed by atoms with E-state index in [1.807, 2.05) is 31.1 Å². The lowest BCUT2D eigenvalue weighted by molar-refractivity contribution is 0.0659. The second-order valence-electron chi connectivity index (χ2n) is 8.12. The molecule has 1 saturated heterocycles. The van der Waals surface area contributed by atoms with Crippen molar-refractivity contribution in [2.45, 2.75) is 19.4 Å². The highest BCUT2D eigenvalue weighted by Gasteiger charge is 2.26. The number of methoxy groups -OCH3 is 1. The fourth-order valence-corrected chi connectivity index (χ4v) is 4.00. The lowest BCUT2D eigenvalue weighted by Gasteiger charge is -2.36. The van der Waals surface area contributed by atoms with Crippen LogP contribution in [-0.4, -0.2) is 74.5 Å². The summed E-state index contributed by atoms with van der Waals surface area (Å²) in [5.41, 5.74) is 1.85. The topological polar surface area (TPSA) is 49.2 Å². The predicted octanol–water partition coefficient (Wildman–Crippen LogP) is 3.20. The van der Waals surface area contributed by atoms with Crippen LogP contribution < -0.4 is 4.74 Å². The summed E-state index contributed by atoms with van der Waals surface area (Å²) in [6.07, 6.45) is 5.41. The molecule has 1 aromatic carbocycles. The molecule has 158 valence electrons. The highest BCUT2D eigenvalue weighted by Crippen LogP contribution is 2.24. The molecule has 6 heteroatoms. The average Bonchev–Trinajstić information content (AvgIpc) is 3.26. The zero-order valence-electron chi connectivity index (χ0n) is 17.8. The Morgan fingerprint density at radius 1 is 1.24 bits per heavy atom. The number of likely N-dealkylation sites (tertiary alicyclic amines) is 1. The van der Waals surface area contributed by atoms with E-state index in [0.717, 1.165) is 57.9 Å². The summed E-state index contributed by atoms with van der Waals surface area (Å²) in [4.78, 5) is 19.6. The highest BCUT2D eigenvalue weighted by atomic mass is 16.5. The number of hydrogen-bond acceptors (Lipinski definition) is 5. The van der Waals surface area contributed by atoms with Crippen LogP contribution in [0.1, 0.15) is 28.8 Å². The van der Waals surface area contributed by atoms with Gasteiger partial charge < -0.3 is 19.0 Å². The molecule has 1 fully saturated rings. The second kappa shape index (κ2) is 10.5. The van der Waals surface area contributed by atoms with Crippen LogP contribution >= 0.6 is 0 Å². The van der Waals surface area contributed by atoms with E-state index in [0.29, 0.717) is 11.5 Å². The molecule has 1 aliphatic rings. The van der Waals surface area contributed by atoms with Crippen LogP contribution in [0.4, 0.5) is 0 Å². The zero-order valence-corrected chi connectivity index (χ0v) is 17.8. The molecule has 3 rings (SSSR count). The molecule has 6 nitrogen and oxygen atoms in total. The van der Waals surface area contributed by atoms with Crippen molar-refractivity contribution < 1.29 is 13.9 Å². The standard InChI is InChI=1S/C23H33N3O3/c1-24(2)12-13-26(23(27)21-10-14-29-18-21)16-19-7-6-11-25(15-19)17-20-8-4-5-9-22(20)28-3/h4-5,8-10,14,18-19H,6-7,11-13,15-17H2,1-3H3/t19-/m0/s1. The molecule has 1 aliphatic heterocycles. The minimum atomic E-state index is 0.0578. The lowest BCUT2D eigenvalue weighted by atomic mass is 9.96. The van der Waals surface area contributed by atoms with Crippen molar-refractivity contribution in [2.24, 2.45) is 5.92 Å². The first-order valence-corrected chi connectivity index (χ1v) is 10.4. The molecule has 0 bridgehead atoms. The summed E-state index contributed by atoms with van der Waals surface area (Å²) in [6.45, 7) is 5.31. The van der Waals surface area contributed by atoms with Gasteiger partial charge in [-0.2, -0.15) is 0 Å². The number of furan rings is 1. The third-order valence-corrected chi connectivity index (χ3v) is 5.54. The van der Waals surface area contributed by atoms with Crippen LogP contribution in [0.15, 0.2) is 47.3 Å². The summed E-state index contributed by atoms with van der Waals surface area (Å²) in [6, 6.07) is 9.97. The molecule has 0 N–H and O–H groups in total. The van der Waals surface area contributed by atoms with Gasteiger partial charge in [-0.1, -0.05) is 18.2 Å². The van der Waals surface area contributed by atoms with Crippen LogP contribution in [0.5, 0.6) is 5.75 Å². The molecule has 2 aromatic rings. The summed E-state index contributed by atoms with van der Waals surface area (Å²) < 4.78 is 10.6. The maximum atomic E-state index is 13.0. The zero-order chi connectivity index (χ0) is 20.6. The molecular weight excluding hydrogens is 366 g/mol. The van der Waals surface area contributed by atoms with E-state index in [9.17, 15) is 4.79 Å². The summed E-state index contributed by atoms with van der Waals surface area (Å²) in [5.74, 6) is 1.47. The Balaban J connectivity index is 1.63. The number of piperidine rings is 1. The maximum Gasteiger partial charge on any atom is 0.257 e. The molecule has 1 atom stereocenters. The first-order chi connectivity index (χ1) is 14.1. The van der Waals surface area contributed by atoms with E-state index >= 15 is 0 Å². The van der Waals surface area contributed by atoms with E-state index in [1.165, 1.54) is 5.56 Å². The number of ether oxygens (including phenoxy) is 1. The van der Waals surface area contributed by atoms with Gasteiger partial charge in [-0.15, -0.1) is 0 Å². The Morgan fingerprint density at radius 2 is 2.07 bits per heavy atom. The molecule has 29 heavy (non-hydrogen) atoms. The minimum Gasteiger partial charge on any atom is -0.496 e. The number of rotatable bonds is 9.